The van der Waals surface area contributed by atoms with Gasteiger partial charge in [0.1, 0.15) is 6.10 Å². The number of hydrogen-bond acceptors (Lipinski definition) is 2. The molecule has 0 N–H and O–H groups in total. The fourth-order valence-electron chi connectivity index (χ4n) is 2.98. The molecule has 0 aromatic rings. The van der Waals surface area contributed by atoms with Gasteiger partial charge in [0.25, 0.3) is 0 Å². The zero-order valence-electron chi connectivity index (χ0n) is 11.2. The molecule has 0 aromatic carbocycles. The first-order chi connectivity index (χ1) is 7.56. The van der Waals surface area contributed by atoms with Crippen LogP contribution in [0, 0.1) is 17.8 Å². The molecule has 0 saturated heterocycles. The van der Waals surface area contributed by atoms with E-state index in [0.29, 0.717) is 11.8 Å². The number of carbonyl (C=O) groups excluding carboxylic acids is 1. The van der Waals surface area contributed by atoms with E-state index >= 15 is 0 Å². The molecule has 1 saturated carbocycles. The second-order valence-electron chi connectivity index (χ2n) is 5.39. The summed E-state index contributed by atoms with van der Waals surface area (Å²) in [5.41, 5.74) is 0. The third-order valence-corrected chi connectivity index (χ3v) is 4.05. The lowest BCUT2D eigenvalue weighted by molar-refractivity contribution is -0.156. The van der Waals surface area contributed by atoms with Gasteiger partial charge in [-0.3, -0.25) is 4.79 Å². The van der Waals surface area contributed by atoms with E-state index in [4.69, 9.17) is 4.74 Å². The van der Waals surface area contributed by atoms with Crippen molar-refractivity contribution in [2.24, 2.45) is 17.8 Å². The molecule has 1 aliphatic rings. The monoisotopic (exact) mass is 226 g/mol. The lowest BCUT2D eigenvalue weighted by atomic mass is 9.71. The first-order valence-electron chi connectivity index (χ1n) is 6.73. The first-order valence-corrected chi connectivity index (χ1v) is 6.73. The minimum Gasteiger partial charge on any atom is -0.462 e. The Morgan fingerprint density at radius 2 is 2.00 bits per heavy atom. The topological polar surface area (TPSA) is 26.3 Å². The van der Waals surface area contributed by atoms with E-state index in [1.807, 2.05) is 0 Å². The Balaban J connectivity index is 2.55. The Bertz CT molecular complexity index is 223. The Morgan fingerprint density at radius 1 is 1.31 bits per heavy atom. The molecule has 1 fully saturated rings. The third-order valence-electron chi connectivity index (χ3n) is 4.05. The molecule has 4 atom stereocenters. The second-order valence-corrected chi connectivity index (χ2v) is 5.39. The Morgan fingerprint density at radius 3 is 2.56 bits per heavy atom. The third kappa shape index (κ3) is 3.50. The highest BCUT2D eigenvalue weighted by molar-refractivity contribution is 5.66. The van der Waals surface area contributed by atoms with Gasteiger partial charge in [-0.05, 0) is 30.6 Å². The Labute approximate surface area is 99.8 Å². The quantitative estimate of drug-likeness (QED) is 0.682. The van der Waals surface area contributed by atoms with Crippen molar-refractivity contribution in [2.45, 2.75) is 65.9 Å². The van der Waals surface area contributed by atoms with Crippen LogP contribution in [0.5, 0.6) is 0 Å². The summed E-state index contributed by atoms with van der Waals surface area (Å²) in [6.45, 7) is 8.22. The molecule has 94 valence electrons. The van der Waals surface area contributed by atoms with E-state index in [-0.39, 0.29) is 12.1 Å². The van der Waals surface area contributed by atoms with Gasteiger partial charge in [0.15, 0.2) is 0 Å². The highest BCUT2D eigenvalue weighted by atomic mass is 16.5. The number of rotatable bonds is 4. The van der Waals surface area contributed by atoms with Gasteiger partial charge in [0.05, 0.1) is 0 Å². The SMILES string of the molecule is CCCC[C@@H]1CCC(C)C(OC(C)=O)[C@@H]1C. The molecular weight excluding hydrogens is 200 g/mol. The summed E-state index contributed by atoms with van der Waals surface area (Å²) in [6, 6.07) is 0. The maximum atomic E-state index is 11.1. The Hall–Kier alpha value is -0.530. The van der Waals surface area contributed by atoms with Crippen molar-refractivity contribution in [1.29, 1.82) is 0 Å². The molecule has 0 bridgehead atoms. The lowest BCUT2D eigenvalue weighted by Gasteiger charge is -2.39. The van der Waals surface area contributed by atoms with Crippen LogP contribution in [0.2, 0.25) is 0 Å². The minimum atomic E-state index is -0.125. The van der Waals surface area contributed by atoms with E-state index in [2.05, 4.69) is 20.8 Å². The van der Waals surface area contributed by atoms with Crippen molar-refractivity contribution in [3.63, 3.8) is 0 Å². The van der Waals surface area contributed by atoms with Crippen molar-refractivity contribution in [1.82, 2.24) is 0 Å². The van der Waals surface area contributed by atoms with Crippen molar-refractivity contribution in [2.75, 3.05) is 0 Å². The molecule has 0 heterocycles. The second kappa shape index (κ2) is 6.27. The largest absolute Gasteiger partial charge is 0.462 e. The molecule has 0 amide bonds. The minimum absolute atomic E-state index is 0.125. The lowest BCUT2D eigenvalue weighted by Crippen LogP contribution is -2.39. The van der Waals surface area contributed by atoms with Crippen molar-refractivity contribution in [3.8, 4) is 0 Å². The number of hydrogen-bond donors (Lipinski definition) is 0. The van der Waals surface area contributed by atoms with Gasteiger partial charge in [-0.25, -0.2) is 0 Å². The van der Waals surface area contributed by atoms with Crippen LogP contribution in [0.25, 0.3) is 0 Å². The molecule has 2 heteroatoms. The van der Waals surface area contributed by atoms with Crippen LogP contribution in [0.15, 0.2) is 0 Å². The van der Waals surface area contributed by atoms with Crippen LogP contribution in [-0.2, 0) is 9.53 Å². The van der Waals surface area contributed by atoms with Gasteiger partial charge in [-0.1, -0.05) is 40.0 Å². The van der Waals surface area contributed by atoms with E-state index in [9.17, 15) is 4.79 Å². The molecule has 1 aliphatic carbocycles. The molecular formula is C14H26O2. The molecule has 0 aromatic heterocycles. The van der Waals surface area contributed by atoms with E-state index in [0.717, 1.165) is 5.92 Å². The summed E-state index contributed by atoms with van der Waals surface area (Å²) in [7, 11) is 0. The normalized spacial score (nSPS) is 34.8. The van der Waals surface area contributed by atoms with Gasteiger partial charge >= 0.3 is 5.97 Å². The number of esters is 1. The van der Waals surface area contributed by atoms with Crippen molar-refractivity contribution >= 4 is 5.97 Å². The predicted molar refractivity (Wildman–Crippen MR) is 66.1 cm³/mol. The average Bonchev–Trinajstić information content (AvgIpc) is 2.23. The van der Waals surface area contributed by atoms with Gasteiger partial charge in [-0.15, -0.1) is 0 Å². The summed E-state index contributed by atoms with van der Waals surface area (Å²) in [5, 5.41) is 0. The fourth-order valence-corrected chi connectivity index (χ4v) is 2.98. The van der Waals surface area contributed by atoms with Crippen LogP contribution in [0.3, 0.4) is 0 Å². The highest BCUT2D eigenvalue weighted by Crippen LogP contribution is 2.38. The van der Waals surface area contributed by atoms with Crippen LogP contribution in [0.4, 0.5) is 0 Å². The zero-order chi connectivity index (χ0) is 12.1. The molecule has 0 radical (unpaired) electrons. The smallest absolute Gasteiger partial charge is 0.302 e. The Kier molecular flexibility index (Phi) is 5.30. The maximum Gasteiger partial charge on any atom is 0.302 e. The maximum absolute atomic E-state index is 11.1. The van der Waals surface area contributed by atoms with Crippen LogP contribution >= 0.6 is 0 Å². The van der Waals surface area contributed by atoms with Crippen molar-refractivity contribution in [3.05, 3.63) is 0 Å². The summed E-state index contributed by atoms with van der Waals surface area (Å²) >= 11 is 0. The number of ether oxygens (including phenoxy) is 1. The van der Waals surface area contributed by atoms with Crippen molar-refractivity contribution < 1.29 is 9.53 Å². The molecule has 0 spiro atoms. The number of unbranched alkanes of at least 4 members (excludes halogenated alkanes) is 1. The van der Waals surface area contributed by atoms with Crippen LogP contribution < -0.4 is 0 Å². The standard InChI is InChI=1S/C14H26O2/c1-5-6-7-13-9-8-10(2)14(11(13)3)16-12(4)15/h10-11,13-14H,5-9H2,1-4H3/t10?,11-,13-,14?/m1/s1. The molecule has 16 heavy (non-hydrogen) atoms. The molecule has 2 unspecified atom stereocenters. The van der Waals surface area contributed by atoms with Gasteiger partial charge in [0.2, 0.25) is 0 Å². The van der Waals surface area contributed by atoms with E-state index in [1.54, 1.807) is 0 Å². The average molecular weight is 226 g/mol. The first kappa shape index (κ1) is 13.5. The predicted octanol–water partition coefficient (Wildman–Crippen LogP) is 3.79. The van der Waals surface area contributed by atoms with Gasteiger partial charge < -0.3 is 4.74 Å². The fraction of sp³-hybridized carbons (Fsp3) is 0.929. The number of carbonyl (C=O) groups is 1. The molecule has 0 aliphatic heterocycles. The summed E-state index contributed by atoms with van der Waals surface area (Å²) in [6.07, 6.45) is 6.51. The summed E-state index contributed by atoms with van der Waals surface area (Å²) in [5.74, 6) is 1.68. The summed E-state index contributed by atoms with van der Waals surface area (Å²) in [4.78, 5) is 11.1. The molecule has 1 rings (SSSR count). The molecule has 2 nitrogen and oxygen atoms in total. The van der Waals surface area contributed by atoms with E-state index < -0.39 is 0 Å². The van der Waals surface area contributed by atoms with Gasteiger partial charge in [0, 0.05) is 6.92 Å². The van der Waals surface area contributed by atoms with Gasteiger partial charge in [-0.2, -0.15) is 0 Å². The zero-order valence-corrected chi connectivity index (χ0v) is 11.2. The highest BCUT2D eigenvalue weighted by Gasteiger charge is 2.36. The van der Waals surface area contributed by atoms with E-state index in [1.165, 1.54) is 39.0 Å². The summed E-state index contributed by atoms with van der Waals surface area (Å²) < 4.78 is 5.49. The van der Waals surface area contributed by atoms with Crippen LogP contribution in [0.1, 0.15) is 59.8 Å². The van der Waals surface area contributed by atoms with Crippen LogP contribution in [-0.4, -0.2) is 12.1 Å².